The second-order valence-electron chi connectivity index (χ2n) is 12.4. The first-order valence-electron chi connectivity index (χ1n) is 15.5. The topological polar surface area (TPSA) is 193 Å². The van der Waals surface area contributed by atoms with Crippen LogP contribution in [0, 0.1) is 0 Å². The van der Waals surface area contributed by atoms with Gasteiger partial charge in [0.2, 0.25) is 0 Å². The van der Waals surface area contributed by atoms with Crippen LogP contribution in [-0.2, 0) is 36.6 Å². The molecule has 5 N–H and O–H groups in total. The predicted octanol–water partition coefficient (Wildman–Crippen LogP) is 0.901. The second kappa shape index (κ2) is 12.4. The summed E-state index contributed by atoms with van der Waals surface area (Å²) in [5.74, 6) is -3.53. The maximum Gasteiger partial charge on any atom is 0.198 e. The van der Waals surface area contributed by atoms with Gasteiger partial charge in [-0.25, -0.2) is 0 Å². The predicted molar refractivity (Wildman–Crippen MR) is 159 cm³/mol. The summed E-state index contributed by atoms with van der Waals surface area (Å²) in [6, 6.07) is 4.37. The van der Waals surface area contributed by atoms with Crippen LogP contribution in [0.3, 0.4) is 0 Å². The first kappa shape index (κ1) is 32.7. The van der Waals surface area contributed by atoms with E-state index in [9.17, 15) is 39.9 Å². The number of methoxy groups -OCH3 is 1. The number of carbonyl (C=O) groups excluding carboxylic acids is 3. The van der Waals surface area contributed by atoms with Crippen molar-refractivity contribution in [2.45, 2.75) is 82.1 Å². The highest BCUT2D eigenvalue weighted by molar-refractivity contribution is 6.31. The molecule has 0 spiro atoms. The van der Waals surface area contributed by atoms with E-state index in [1.165, 1.54) is 13.2 Å². The number of nitrogens with zero attached hydrogens (tertiary/aromatic N) is 1. The number of aromatic hydroxyl groups is 2. The van der Waals surface area contributed by atoms with Crippen molar-refractivity contribution in [1.82, 2.24) is 4.90 Å². The highest BCUT2D eigenvalue weighted by Crippen LogP contribution is 2.52. The molecular formula is C33H39NO12. The van der Waals surface area contributed by atoms with Gasteiger partial charge in [-0.1, -0.05) is 25.1 Å². The molecule has 2 aliphatic heterocycles. The first-order valence-corrected chi connectivity index (χ1v) is 15.5. The van der Waals surface area contributed by atoms with Crippen LogP contribution >= 0.6 is 0 Å². The Kier molecular flexibility index (Phi) is 8.80. The Hall–Kier alpha value is -3.27. The van der Waals surface area contributed by atoms with E-state index in [0.717, 1.165) is 0 Å². The number of ether oxygens (including phenoxy) is 4. The molecule has 6 rings (SSSR count). The lowest BCUT2D eigenvalue weighted by Gasteiger charge is -2.47. The van der Waals surface area contributed by atoms with E-state index in [4.69, 9.17) is 18.9 Å². The number of phenols is 2. The lowest BCUT2D eigenvalue weighted by Crippen LogP contribution is -2.59. The summed E-state index contributed by atoms with van der Waals surface area (Å²) in [4.78, 5) is 42.6. The van der Waals surface area contributed by atoms with Crippen molar-refractivity contribution >= 4 is 17.3 Å². The fourth-order valence-electron chi connectivity index (χ4n) is 7.36. The van der Waals surface area contributed by atoms with Crippen molar-refractivity contribution in [2.24, 2.45) is 0 Å². The van der Waals surface area contributed by atoms with E-state index in [-0.39, 0.29) is 34.2 Å². The summed E-state index contributed by atoms with van der Waals surface area (Å²) in [5, 5.41) is 55.6. The molecule has 0 bridgehead atoms. The molecule has 2 aliphatic carbocycles. The third-order valence-electron chi connectivity index (χ3n) is 9.81. The molecule has 2 aromatic rings. The number of phenolic OH excluding ortho intramolecular Hbond substituents is 2. The fourth-order valence-corrected chi connectivity index (χ4v) is 7.36. The van der Waals surface area contributed by atoms with E-state index in [1.54, 1.807) is 19.1 Å². The Morgan fingerprint density at radius 3 is 2.54 bits per heavy atom. The molecule has 0 radical (unpaired) electrons. The minimum absolute atomic E-state index is 0.0602. The minimum atomic E-state index is -2.24. The smallest absolute Gasteiger partial charge is 0.198 e. The number of Topliss-reactive ketones (excluding diaryl/α,β-unsaturated/α-hetero) is 1. The number of aryl methyl sites for hydroxylation is 1. The minimum Gasteiger partial charge on any atom is -0.507 e. The summed E-state index contributed by atoms with van der Waals surface area (Å²) in [7, 11) is 1.53. The summed E-state index contributed by atoms with van der Waals surface area (Å²) in [6.07, 6.45) is -4.87. The third kappa shape index (κ3) is 5.24. The van der Waals surface area contributed by atoms with Gasteiger partial charge in [-0.05, 0) is 18.9 Å². The number of aliphatic hydroxyl groups is 3. The molecule has 2 heterocycles. The van der Waals surface area contributed by atoms with Gasteiger partial charge in [-0.2, -0.15) is 0 Å². The van der Waals surface area contributed by atoms with E-state index in [2.05, 4.69) is 0 Å². The van der Waals surface area contributed by atoms with E-state index >= 15 is 0 Å². The highest BCUT2D eigenvalue weighted by atomic mass is 16.7. The number of ketones is 3. The number of hydrogen-bond donors (Lipinski definition) is 5. The molecule has 0 amide bonds. The zero-order valence-electron chi connectivity index (χ0n) is 25.9. The third-order valence-corrected chi connectivity index (χ3v) is 9.81. The van der Waals surface area contributed by atoms with Crippen molar-refractivity contribution in [1.29, 1.82) is 0 Å². The fraction of sp³-hybridized carbons (Fsp3) is 0.545. The number of carbonyl (C=O) groups is 3. The van der Waals surface area contributed by atoms with Crippen LogP contribution in [0.25, 0.3) is 0 Å². The van der Waals surface area contributed by atoms with E-state index in [0.29, 0.717) is 31.7 Å². The average molecular weight is 642 g/mol. The largest absolute Gasteiger partial charge is 0.507 e. The summed E-state index contributed by atoms with van der Waals surface area (Å²) < 4.78 is 23.3. The van der Waals surface area contributed by atoms with Gasteiger partial charge in [0.05, 0.1) is 36.0 Å². The Balaban J connectivity index is 1.43. The molecule has 4 aliphatic rings. The van der Waals surface area contributed by atoms with Gasteiger partial charge in [0, 0.05) is 67.8 Å². The number of fused-ring (bicyclic) bond motifs is 3. The molecule has 13 heteroatoms. The van der Waals surface area contributed by atoms with Gasteiger partial charge in [-0.15, -0.1) is 0 Å². The molecule has 248 valence electrons. The van der Waals surface area contributed by atoms with Gasteiger partial charge in [0.15, 0.2) is 29.9 Å². The Labute approximate surface area is 265 Å². The van der Waals surface area contributed by atoms with Crippen LogP contribution < -0.4 is 0 Å². The Morgan fingerprint density at radius 2 is 1.85 bits per heavy atom. The van der Waals surface area contributed by atoms with Crippen molar-refractivity contribution in [3.05, 3.63) is 57.1 Å². The van der Waals surface area contributed by atoms with Crippen molar-refractivity contribution in [2.75, 3.05) is 33.4 Å². The maximum atomic E-state index is 13.9. The number of benzene rings is 2. The second-order valence-corrected chi connectivity index (χ2v) is 12.4. The molecule has 0 unspecified atom stereocenters. The monoisotopic (exact) mass is 641 g/mol. The van der Waals surface area contributed by atoms with Crippen molar-refractivity contribution in [3.8, 4) is 11.5 Å². The lowest BCUT2D eigenvalue weighted by molar-refractivity contribution is -0.266. The number of morpholine rings is 1. The van der Waals surface area contributed by atoms with Crippen LogP contribution in [-0.4, -0.2) is 118 Å². The number of rotatable bonds is 7. The Morgan fingerprint density at radius 1 is 1.11 bits per heavy atom. The van der Waals surface area contributed by atoms with Crippen LogP contribution in [0.15, 0.2) is 18.2 Å². The van der Waals surface area contributed by atoms with Gasteiger partial charge >= 0.3 is 0 Å². The average Bonchev–Trinajstić information content (AvgIpc) is 3.05. The van der Waals surface area contributed by atoms with Crippen molar-refractivity contribution < 1.29 is 58.9 Å². The van der Waals surface area contributed by atoms with Gasteiger partial charge < -0.3 is 44.5 Å². The van der Waals surface area contributed by atoms with E-state index < -0.39 is 96.4 Å². The number of aliphatic hydroxyl groups excluding tert-OH is 2. The summed E-state index contributed by atoms with van der Waals surface area (Å²) in [5.41, 5.74) is -2.45. The van der Waals surface area contributed by atoms with Gasteiger partial charge in [0.25, 0.3) is 0 Å². The van der Waals surface area contributed by atoms with Crippen molar-refractivity contribution in [3.63, 3.8) is 0 Å². The molecule has 13 nitrogen and oxygen atoms in total. The molecular weight excluding hydrogens is 602 g/mol. The van der Waals surface area contributed by atoms with Crippen LogP contribution in [0.1, 0.15) is 81.3 Å². The maximum absolute atomic E-state index is 13.9. The Bertz CT molecular complexity index is 1570. The zero-order chi connectivity index (χ0) is 33.1. The lowest BCUT2D eigenvalue weighted by atomic mass is 9.71. The molecule has 0 saturated carbocycles. The molecule has 2 saturated heterocycles. The first-order chi connectivity index (χ1) is 21.9. The molecule has 2 fully saturated rings. The van der Waals surface area contributed by atoms with E-state index in [1.807, 2.05) is 11.8 Å². The molecule has 0 aromatic heterocycles. The van der Waals surface area contributed by atoms with Crippen LogP contribution in [0.4, 0.5) is 0 Å². The SMILES string of the molecule is CCc1cccc2c1C(=O)c1c(O)c3c(c(O)c1C2=O)C[C@@](O)(C(=O)CO)C[C@@H]3O[C@H]1C[C@H](N2CCO[C@H](OC)C2)[C@H](O)[C@H](C)O1. The summed E-state index contributed by atoms with van der Waals surface area (Å²) in [6.45, 7) is 3.77. The molecule has 2 aromatic carbocycles. The molecule has 46 heavy (non-hydrogen) atoms. The normalized spacial score (nSPS) is 31.3. The highest BCUT2D eigenvalue weighted by Gasteiger charge is 2.50. The quantitative estimate of drug-likeness (QED) is 0.229. The van der Waals surface area contributed by atoms with Crippen LogP contribution in [0.5, 0.6) is 11.5 Å². The molecule has 7 atom stereocenters. The number of hydrogen-bond acceptors (Lipinski definition) is 13. The van der Waals surface area contributed by atoms with Gasteiger partial charge in [0.1, 0.15) is 23.7 Å². The van der Waals surface area contributed by atoms with Crippen LogP contribution in [0.2, 0.25) is 0 Å². The standard InChI is InChI=1S/C33H39NO12/c1-4-16-6-5-7-17-24(16)31(40)27-26(29(17)38)30(39)18-11-33(42,21(36)14-35)12-20(25(18)32(27)41)46-22-10-19(28(37)15(2)45-22)34-8-9-44-23(13-34)43-3/h5-7,15,19-20,22-23,28,35,37,39,41-42H,4,8-14H2,1-3H3/t15-,19-,20-,22-,23-,28+,33-/m0/s1. The zero-order valence-corrected chi connectivity index (χ0v) is 25.9. The summed E-state index contributed by atoms with van der Waals surface area (Å²) >= 11 is 0. The van der Waals surface area contributed by atoms with Gasteiger partial charge in [-0.3, -0.25) is 19.3 Å².